The van der Waals surface area contributed by atoms with Gasteiger partial charge in [0.2, 0.25) is 5.91 Å². The molecule has 1 saturated heterocycles. The Morgan fingerprint density at radius 2 is 2.10 bits per heavy atom. The first kappa shape index (κ1) is 14.8. The predicted octanol–water partition coefficient (Wildman–Crippen LogP) is 1.01. The first-order valence-corrected chi connectivity index (χ1v) is 6.30. The number of primary amides is 1. The minimum Gasteiger partial charge on any atom is -0.478 e. The number of rotatable bonds is 3. The number of nitrogens with zero attached hydrogens (tertiary/aromatic N) is 1. The van der Waals surface area contributed by atoms with E-state index < -0.39 is 35.3 Å². The molecule has 112 valence electrons. The predicted molar refractivity (Wildman–Crippen MR) is 71.3 cm³/mol. The van der Waals surface area contributed by atoms with E-state index in [1.165, 1.54) is 11.0 Å². The first-order valence-electron chi connectivity index (χ1n) is 6.30. The van der Waals surface area contributed by atoms with Crippen molar-refractivity contribution in [3.8, 4) is 0 Å². The molecule has 3 amide bonds. The molecule has 7 nitrogen and oxygen atoms in total. The van der Waals surface area contributed by atoms with Crippen LogP contribution in [-0.2, 0) is 4.79 Å². The van der Waals surface area contributed by atoms with Gasteiger partial charge in [-0.05, 0) is 31.0 Å². The van der Waals surface area contributed by atoms with Gasteiger partial charge in [0.25, 0.3) is 0 Å². The Balaban J connectivity index is 2.14. The first-order chi connectivity index (χ1) is 9.90. The molecular formula is C13H14FN3O4. The largest absolute Gasteiger partial charge is 0.478 e. The molecule has 1 atom stereocenters. The number of hydrogen-bond acceptors (Lipinski definition) is 3. The molecule has 1 aromatic carbocycles. The molecule has 0 radical (unpaired) electrons. The van der Waals surface area contributed by atoms with Crippen molar-refractivity contribution in [1.82, 2.24) is 4.90 Å². The normalized spacial score (nSPS) is 17.6. The van der Waals surface area contributed by atoms with E-state index in [0.29, 0.717) is 19.4 Å². The van der Waals surface area contributed by atoms with Crippen molar-refractivity contribution in [1.29, 1.82) is 0 Å². The zero-order valence-electron chi connectivity index (χ0n) is 11.0. The van der Waals surface area contributed by atoms with Crippen molar-refractivity contribution >= 4 is 23.6 Å². The number of likely N-dealkylation sites (tertiary alicyclic amines) is 1. The Labute approximate surface area is 119 Å². The van der Waals surface area contributed by atoms with Gasteiger partial charge in [-0.15, -0.1) is 0 Å². The number of nitrogens with two attached hydrogens (primary N) is 1. The summed E-state index contributed by atoms with van der Waals surface area (Å²) in [7, 11) is 0. The second kappa shape index (κ2) is 5.78. The van der Waals surface area contributed by atoms with Crippen molar-refractivity contribution in [3.63, 3.8) is 0 Å². The summed E-state index contributed by atoms with van der Waals surface area (Å²) in [6, 6.07) is 1.97. The van der Waals surface area contributed by atoms with Crippen molar-refractivity contribution in [2.75, 3.05) is 11.9 Å². The van der Waals surface area contributed by atoms with Crippen LogP contribution in [0.1, 0.15) is 23.2 Å². The number of amides is 3. The maximum atomic E-state index is 13.3. The van der Waals surface area contributed by atoms with Gasteiger partial charge in [0.1, 0.15) is 11.9 Å². The van der Waals surface area contributed by atoms with Crippen LogP contribution in [0.4, 0.5) is 14.9 Å². The number of nitrogens with one attached hydrogen (secondary N) is 1. The van der Waals surface area contributed by atoms with Crippen LogP contribution >= 0.6 is 0 Å². The number of carbonyl (C=O) groups excluding carboxylic acids is 2. The molecule has 4 N–H and O–H groups in total. The molecule has 0 bridgehead atoms. The molecule has 1 unspecified atom stereocenters. The van der Waals surface area contributed by atoms with Crippen molar-refractivity contribution in [2.24, 2.45) is 5.73 Å². The van der Waals surface area contributed by atoms with Crippen molar-refractivity contribution < 1.29 is 23.9 Å². The Morgan fingerprint density at radius 3 is 2.71 bits per heavy atom. The third-order valence-electron chi connectivity index (χ3n) is 3.29. The smallest absolute Gasteiger partial charge is 0.338 e. The fraction of sp³-hybridized carbons (Fsp3) is 0.308. The number of carbonyl (C=O) groups is 3. The molecule has 1 aliphatic heterocycles. The van der Waals surface area contributed by atoms with Crippen LogP contribution < -0.4 is 11.1 Å². The van der Waals surface area contributed by atoms with Crippen LogP contribution in [0.3, 0.4) is 0 Å². The summed E-state index contributed by atoms with van der Waals surface area (Å²) in [4.78, 5) is 35.4. The molecular weight excluding hydrogens is 281 g/mol. The Hall–Kier alpha value is -2.64. The second-order valence-corrected chi connectivity index (χ2v) is 4.68. The Bertz CT molecular complexity index is 605. The molecule has 0 saturated carbocycles. The van der Waals surface area contributed by atoms with Gasteiger partial charge in [0, 0.05) is 12.2 Å². The van der Waals surface area contributed by atoms with Crippen LogP contribution in [0.15, 0.2) is 18.2 Å². The number of urea groups is 1. The lowest BCUT2D eigenvalue weighted by atomic mass is 10.2. The fourth-order valence-corrected chi connectivity index (χ4v) is 2.27. The minimum atomic E-state index is -1.43. The van der Waals surface area contributed by atoms with E-state index in [9.17, 15) is 18.8 Å². The van der Waals surface area contributed by atoms with Crippen LogP contribution in [0, 0.1) is 5.82 Å². The number of benzene rings is 1. The molecule has 1 fully saturated rings. The SMILES string of the molecule is NC(=O)C1CCCN1C(=O)Nc1ccc(F)c(C(=O)O)c1. The fourth-order valence-electron chi connectivity index (χ4n) is 2.27. The molecule has 1 aliphatic rings. The van der Waals surface area contributed by atoms with Gasteiger partial charge in [0.15, 0.2) is 0 Å². The van der Waals surface area contributed by atoms with E-state index >= 15 is 0 Å². The summed E-state index contributed by atoms with van der Waals surface area (Å²) >= 11 is 0. The van der Waals surface area contributed by atoms with E-state index in [0.717, 1.165) is 12.1 Å². The molecule has 0 aromatic heterocycles. The third-order valence-corrected chi connectivity index (χ3v) is 3.29. The van der Waals surface area contributed by atoms with E-state index in [1.807, 2.05) is 0 Å². The topological polar surface area (TPSA) is 113 Å². The molecule has 21 heavy (non-hydrogen) atoms. The molecule has 0 spiro atoms. The van der Waals surface area contributed by atoms with Crippen LogP contribution in [0.25, 0.3) is 0 Å². The van der Waals surface area contributed by atoms with E-state index in [2.05, 4.69) is 5.32 Å². The highest BCUT2D eigenvalue weighted by Gasteiger charge is 2.32. The lowest BCUT2D eigenvalue weighted by molar-refractivity contribution is -0.121. The summed E-state index contributed by atoms with van der Waals surface area (Å²) in [5.74, 6) is -2.91. The number of carboxylic acid groups (broad SMARTS) is 1. The average molecular weight is 295 g/mol. The molecule has 1 heterocycles. The lowest BCUT2D eigenvalue weighted by Gasteiger charge is -2.22. The zero-order valence-corrected chi connectivity index (χ0v) is 11.0. The average Bonchev–Trinajstić information content (AvgIpc) is 2.90. The van der Waals surface area contributed by atoms with Gasteiger partial charge in [-0.2, -0.15) is 0 Å². The third kappa shape index (κ3) is 3.10. The monoisotopic (exact) mass is 295 g/mol. The Kier molecular flexibility index (Phi) is 4.06. The van der Waals surface area contributed by atoms with Crippen LogP contribution in [-0.4, -0.2) is 40.5 Å². The van der Waals surface area contributed by atoms with Gasteiger partial charge >= 0.3 is 12.0 Å². The standard InChI is InChI=1S/C13H14FN3O4/c14-9-4-3-7(6-8(9)12(19)20)16-13(21)17-5-1-2-10(17)11(15)18/h3-4,6,10H,1-2,5H2,(H2,15,18)(H,16,21)(H,19,20). The zero-order chi connectivity index (χ0) is 15.6. The van der Waals surface area contributed by atoms with Crippen LogP contribution in [0.2, 0.25) is 0 Å². The molecule has 8 heteroatoms. The van der Waals surface area contributed by atoms with Gasteiger partial charge in [-0.25, -0.2) is 14.0 Å². The quantitative estimate of drug-likeness (QED) is 0.772. The van der Waals surface area contributed by atoms with E-state index in [1.54, 1.807) is 0 Å². The summed E-state index contributed by atoms with van der Waals surface area (Å²) in [6.07, 6.45) is 1.15. The number of aromatic carboxylic acids is 1. The maximum Gasteiger partial charge on any atom is 0.338 e. The Morgan fingerprint density at radius 1 is 1.38 bits per heavy atom. The van der Waals surface area contributed by atoms with E-state index in [4.69, 9.17) is 10.8 Å². The van der Waals surface area contributed by atoms with Crippen molar-refractivity contribution in [3.05, 3.63) is 29.6 Å². The second-order valence-electron chi connectivity index (χ2n) is 4.68. The summed E-state index contributed by atoms with van der Waals surface area (Å²) in [6.45, 7) is 0.381. The highest BCUT2D eigenvalue weighted by molar-refractivity contribution is 5.95. The molecule has 0 aliphatic carbocycles. The number of hydrogen-bond donors (Lipinski definition) is 3. The molecule has 2 rings (SSSR count). The highest BCUT2D eigenvalue weighted by atomic mass is 19.1. The summed E-state index contributed by atoms with van der Waals surface area (Å²) < 4.78 is 13.3. The number of halogens is 1. The maximum absolute atomic E-state index is 13.3. The summed E-state index contributed by atoms with van der Waals surface area (Å²) in [5, 5.41) is 11.3. The lowest BCUT2D eigenvalue weighted by Crippen LogP contribution is -2.45. The minimum absolute atomic E-state index is 0.133. The van der Waals surface area contributed by atoms with Gasteiger partial charge in [-0.1, -0.05) is 0 Å². The molecule has 1 aromatic rings. The number of anilines is 1. The van der Waals surface area contributed by atoms with Crippen molar-refractivity contribution in [2.45, 2.75) is 18.9 Å². The van der Waals surface area contributed by atoms with Gasteiger partial charge in [-0.3, -0.25) is 4.79 Å². The van der Waals surface area contributed by atoms with Gasteiger partial charge in [0.05, 0.1) is 5.56 Å². The number of carboxylic acids is 1. The van der Waals surface area contributed by atoms with E-state index in [-0.39, 0.29) is 5.69 Å². The van der Waals surface area contributed by atoms with Crippen LogP contribution in [0.5, 0.6) is 0 Å². The van der Waals surface area contributed by atoms with Gasteiger partial charge < -0.3 is 21.1 Å². The highest BCUT2D eigenvalue weighted by Crippen LogP contribution is 2.20. The summed E-state index contributed by atoms with van der Waals surface area (Å²) in [5.41, 5.74) is 4.81.